The van der Waals surface area contributed by atoms with E-state index in [4.69, 9.17) is 23.2 Å². The van der Waals surface area contributed by atoms with Gasteiger partial charge in [-0.1, -0.05) is 41.4 Å². The van der Waals surface area contributed by atoms with Crippen molar-refractivity contribution in [3.63, 3.8) is 0 Å². The van der Waals surface area contributed by atoms with Crippen LogP contribution in [0, 0.1) is 6.92 Å². The van der Waals surface area contributed by atoms with E-state index in [0.717, 1.165) is 29.8 Å². The van der Waals surface area contributed by atoms with Crippen LogP contribution in [0.4, 0.5) is 5.69 Å². The van der Waals surface area contributed by atoms with E-state index in [1.54, 1.807) is 6.07 Å². The number of rotatable bonds is 8. The van der Waals surface area contributed by atoms with Gasteiger partial charge < -0.3 is 10.2 Å². The molecule has 0 aliphatic rings. The van der Waals surface area contributed by atoms with E-state index < -0.39 is 0 Å². The fourth-order valence-electron chi connectivity index (χ4n) is 2.70. The molecule has 1 amide bonds. The smallest absolute Gasteiger partial charge is 0.228 e. The van der Waals surface area contributed by atoms with Crippen LogP contribution in [0.15, 0.2) is 42.5 Å². The maximum Gasteiger partial charge on any atom is 0.228 e. The summed E-state index contributed by atoms with van der Waals surface area (Å²) in [7, 11) is 0. The Morgan fingerprint density at radius 2 is 1.92 bits per heavy atom. The normalized spacial score (nSPS) is 10.7. The van der Waals surface area contributed by atoms with Gasteiger partial charge in [-0.15, -0.1) is 0 Å². The molecule has 2 aromatic rings. The van der Waals surface area contributed by atoms with E-state index in [9.17, 15) is 4.79 Å². The Hall–Kier alpha value is -1.55. The number of aryl methyl sites for hydroxylation is 1. The first-order valence-corrected chi connectivity index (χ1v) is 9.28. The molecule has 0 aliphatic heterocycles. The molecule has 0 saturated heterocycles. The van der Waals surface area contributed by atoms with Crippen molar-refractivity contribution in [2.45, 2.75) is 26.7 Å². The number of nitrogens with zero attached hydrogens (tertiary/aromatic N) is 1. The first-order chi connectivity index (χ1) is 12.0. The minimum absolute atomic E-state index is 0.130. The number of hydrogen-bond acceptors (Lipinski definition) is 2. The summed E-state index contributed by atoms with van der Waals surface area (Å²) in [6, 6.07) is 13.6. The maximum absolute atomic E-state index is 12.5. The quantitative estimate of drug-likeness (QED) is 0.664. The Labute approximate surface area is 159 Å². The van der Waals surface area contributed by atoms with Crippen molar-refractivity contribution in [1.82, 2.24) is 5.32 Å². The van der Waals surface area contributed by atoms with Crippen LogP contribution in [0.2, 0.25) is 10.0 Å². The molecule has 0 radical (unpaired) electrons. The molecule has 25 heavy (non-hydrogen) atoms. The number of nitrogens with one attached hydrogen (secondary N) is 1. The van der Waals surface area contributed by atoms with Crippen molar-refractivity contribution in [2.24, 2.45) is 0 Å². The number of anilines is 1. The highest BCUT2D eigenvalue weighted by atomic mass is 35.5. The van der Waals surface area contributed by atoms with Gasteiger partial charge in [-0.2, -0.15) is 0 Å². The molecule has 2 aromatic carbocycles. The minimum Gasteiger partial charge on any atom is -0.316 e. The van der Waals surface area contributed by atoms with Crippen molar-refractivity contribution in [1.29, 1.82) is 0 Å². The number of carbonyl (C=O) groups excluding carboxylic acids is 1. The van der Waals surface area contributed by atoms with Crippen molar-refractivity contribution >= 4 is 34.8 Å². The molecule has 134 valence electrons. The van der Waals surface area contributed by atoms with Gasteiger partial charge in [0.25, 0.3) is 0 Å². The zero-order chi connectivity index (χ0) is 18.2. The minimum atomic E-state index is 0.130. The molecule has 0 heterocycles. The molecule has 0 bridgehead atoms. The summed E-state index contributed by atoms with van der Waals surface area (Å²) in [5.74, 6) is 0.130. The Balaban J connectivity index is 1.77. The highest BCUT2D eigenvalue weighted by Gasteiger charge is 2.13. The molecular weight excluding hydrogens is 355 g/mol. The van der Waals surface area contributed by atoms with Crippen molar-refractivity contribution in [3.05, 3.63) is 63.6 Å². The summed E-state index contributed by atoms with van der Waals surface area (Å²) in [5, 5.41) is 4.63. The fourth-order valence-corrected chi connectivity index (χ4v) is 3.20. The number of amides is 1. The lowest BCUT2D eigenvalue weighted by molar-refractivity contribution is -0.118. The van der Waals surface area contributed by atoms with Gasteiger partial charge >= 0.3 is 0 Å². The molecule has 0 fully saturated rings. The summed E-state index contributed by atoms with van der Waals surface area (Å²) < 4.78 is 0. The molecule has 0 aromatic heterocycles. The van der Waals surface area contributed by atoms with Crippen molar-refractivity contribution in [3.8, 4) is 0 Å². The van der Waals surface area contributed by atoms with Gasteiger partial charge in [0.1, 0.15) is 0 Å². The number of hydrogen-bond donors (Lipinski definition) is 1. The van der Waals surface area contributed by atoms with Crippen LogP contribution in [-0.2, 0) is 11.2 Å². The highest BCUT2D eigenvalue weighted by Crippen LogP contribution is 2.21. The van der Waals surface area contributed by atoms with E-state index in [1.165, 1.54) is 0 Å². The largest absolute Gasteiger partial charge is 0.316 e. The molecule has 0 saturated carbocycles. The third kappa shape index (κ3) is 6.03. The first-order valence-electron chi connectivity index (χ1n) is 8.53. The average molecular weight is 379 g/mol. The van der Waals surface area contributed by atoms with Gasteiger partial charge in [0.05, 0.1) is 0 Å². The molecule has 0 atom stereocenters. The highest BCUT2D eigenvalue weighted by molar-refractivity contribution is 6.35. The number of halogens is 2. The number of benzene rings is 2. The van der Waals surface area contributed by atoms with Crippen LogP contribution >= 0.6 is 23.2 Å². The maximum atomic E-state index is 12.5. The molecule has 0 aliphatic carbocycles. The second-order valence-electron chi connectivity index (χ2n) is 5.96. The average Bonchev–Trinajstić information content (AvgIpc) is 2.57. The van der Waals surface area contributed by atoms with Gasteiger partial charge in [0.2, 0.25) is 5.91 Å². The molecular formula is C20H24Cl2N2O. The summed E-state index contributed by atoms with van der Waals surface area (Å²) in [4.78, 5) is 14.3. The van der Waals surface area contributed by atoms with E-state index in [0.29, 0.717) is 29.6 Å². The SMILES string of the molecule is CCN(C(=O)CCNCCc1ccc(Cl)cc1Cl)c1cccc(C)c1. The van der Waals surface area contributed by atoms with Crippen LogP contribution in [-0.4, -0.2) is 25.5 Å². The summed E-state index contributed by atoms with van der Waals surface area (Å²) in [6.07, 6.45) is 1.27. The zero-order valence-electron chi connectivity index (χ0n) is 14.7. The fraction of sp³-hybridized carbons (Fsp3) is 0.350. The first kappa shape index (κ1) is 19.8. The third-order valence-electron chi connectivity index (χ3n) is 4.03. The molecule has 2 rings (SSSR count). The zero-order valence-corrected chi connectivity index (χ0v) is 16.2. The van der Waals surface area contributed by atoms with Gasteiger partial charge in [0.15, 0.2) is 0 Å². The van der Waals surface area contributed by atoms with Crippen LogP contribution in [0.3, 0.4) is 0 Å². The lowest BCUT2D eigenvalue weighted by Gasteiger charge is -2.21. The Morgan fingerprint density at radius 1 is 1.12 bits per heavy atom. The molecule has 0 spiro atoms. The Bertz CT molecular complexity index is 719. The lowest BCUT2D eigenvalue weighted by atomic mass is 10.1. The predicted molar refractivity (Wildman–Crippen MR) is 107 cm³/mol. The van der Waals surface area contributed by atoms with Crippen LogP contribution in [0.5, 0.6) is 0 Å². The topological polar surface area (TPSA) is 32.3 Å². The van der Waals surface area contributed by atoms with Gasteiger partial charge in [-0.25, -0.2) is 0 Å². The van der Waals surface area contributed by atoms with E-state index in [1.807, 2.05) is 55.1 Å². The standard InChI is InChI=1S/C20H24Cl2N2O/c1-3-24(18-6-4-5-15(2)13-18)20(25)10-12-23-11-9-16-7-8-17(21)14-19(16)22/h4-8,13-14,23H,3,9-12H2,1-2H3. The Morgan fingerprint density at radius 3 is 2.60 bits per heavy atom. The second kappa shape index (κ2) is 9.81. The molecule has 5 heteroatoms. The van der Waals surface area contributed by atoms with Crippen molar-refractivity contribution in [2.75, 3.05) is 24.5 Å². The van der Waals surface area contributed by atoms with Crippen LogP contribution < -0.4 is 10.2 Å². The lowest BCUT2D eigenvalue weighted by Crippen LogP contribution is -2.33. The Kier molecular flexibility index (Phi) is 7.76. The predicted octanol–water partition coefficient (Wildman–Crippen LogP) is 4.88. The summed E-state index contributed by atoms with van der Waals surface area (Å²) in [6.45, 7) is 6.11. The van der Waals surface area contributed by atoms with E-state index >= 15 is 0 Å². The summed E-state index contributed by atoms with van der Waals surface area (Å²) in [5.41, 5.74) is 3.17. The van der Waals surface area contributed by atoms with Gasteiger partial charge in [-0.3, -0.25) is 4.79 Å². The molecule has 1 N–H and O–H groups in total. The van der Waals surface area contributed by atoms with Gasteiger partial charge in [0, 0.05) is 35.2 Å². The number of carbonyl (C=O) groups is 1. The molecule has 3 nitrogen and oxygen atoms in total. The van der Waals surface area contributed by atoms with Crippen LogP contribution in [0.1, 0.15) is 24.5 Å². The van der Waals surface area contributed by atoms with Gasteiger partial charge in [-0.05, 0) is 62.2 Å². The molecule has 0 unspecified atom stereocenters. The van der Waals surface area contributed by atoms with Crippen molar-refractivity contribution < 1.29 is 4.79 Å². The summed E-state index contributed by atoms with van der Waals surface area (Å²) >= 11 is 12.1. The van der Waals surface area contributed by atoms with Crippen LogP contribution in [0.25, 0.3) is 0 Å². The van der Waals surface area contributed by atoms with E-state index in [2.05, 4.69) is 5.32 Å². The second-order valence-corrected chi connectivity index (χ2v) is 6.81. The third-order valence-corrected chi connectivity index (χ3v) is 4.62. The monoisotopic (exact) mass is 378 g/mol. The van der Waals surface area contributed by atoms with E-state index in [-0.39, 0.29) is 5.91 Å².